The molecule has 0 aliphatic heterocycles. The van der Waals surface area contributed by atoms with Gasteiger partial charge < -0.3 is 5.73 Å². The van der Waals surface area contributed by atoms with Crippen molar-refractivity contribution in [1.29, 1.82) is 0 Å². The molecule has 1 heterocycles. The molecule has 0 amide bonds. The summed E-state index contributed by atoms with van der Waals surface area (Å²) in [4.78, 5) is 0.653. The lowest BCUT2D eigenvalue weighted by Gasteiger charge is -2.21. The smallest absolute Gasteiger partial charge is 0.0762 e. The van der Waals surface area contributed by atoms with Gasteiger partial charge in [0.15, 0.2) is 0 Å². The highest BCUT2D eigenvalue weighted by Crippen LogP contribution is 2.25. The molecule has 2 N–H and O–H groups in total. The van der Waals surface area contributed by atoms with Crippen molar-refractivity contribution in [1.82, 2.24) is 9.78 Å². The summed E-state index contributed by atoms with van der Waals surface area (Å²) < 4.78 is 2.07. The zero-order valence-electron chi connectivity index (χ0n) is 8.36. The molecule has 4 heteroatoms. The van der Waals surface area contributed by atoms with Crippen LogP contribution in [0.2, 0.25) is 0 Å². The third-order valence-corrected chi connectivity index (χ3v) is 3.27. The predicted molar refractivity (Wildman–Crippen MR) is 60.2 cm³/mol. The Kier molecular flexibility index (Phi) is 2.54. The first kappa shape index (κ1) is 9.65. The lowest BCUT2D eigenvalue weighted by molar-refractivity contribution is 0.538. The summed E-state index contributed by atoms with van der Waals surface area (Å²) in [5, 5.41) is 4.34. The van der Waals surface area contributed by atoms with E-state index in [0.29, 0.717) is 10.9 Å². The molecule has 0 aromatic carbocycles. The van der Waals surface area contributed by atoms with Gasteiger partial charge in [-0.15, -0.1) is 0 Å². The molecule has 0 bridgehead atoms. The van der Waals surface area contributed by atoms with Gasteiger partial charge in [0.1, 0.15) is 0 Å². The average molecular weight is 209 g/mol. The number of nitrogens with two attached hydrogens (primary N) is 1. The monoisotopic (exact) mass is 209 g/mol. The summed E-state index contributed by atoms with van der Waals surface area (Å²) in [6, 6.07) is 0. The van der Waals surface area contributed by atoms with Gasteiger partial charge in [-0.3, -0.25) is 4.68 Å². The first-order chi connectivity index (χ1) is 6.72. The van der Waals surface area contributed by atoms with Crippen molar-refractivity contribution in [3.8, 4) is 0 Å². The minimum Gasteiger partial charge on any atom is -0.393 e. The van der Waals surface area contributed by atoms with E-state index >= 15 is 0 Å². The van der Waals surface area contributed by atoms with Crippen LogP contribution in [0.3, 0.4) is 0 Å². The Balaban J connectivity index is 2.24. The minimum atomic E-state index is 0.381. The Bertz CT molecular complexity index is 356. The summed E-state index contributed by atoms with van der Waals surface area (Å²) >= 11 is 5.03. The van der Waals surface area contributed by atoms with E-state index in [-0.39, 0.29) is 0 Å². The van der Waals surface area contributed by atoms with Gasteiger partial charge >= 0.3 is 0 Å². The largest absolute Gasteiger partial charge is 0.393 e. The Morgan fingerprint density at radius 2 is 2.57 bits per heavy atom. The van der Waals surface area contributed by atoms with Crippen LogP contribution in [0.5, 0.6) is 0 Å². The summed E-state index contributed by atoms with van der Waals surface area (Å²) in [7, 11) is 0. The highest BCUT2D eigenvalue weighted by molar-refractivity contribution is 7.80. The van der Waals surface area contributed by atoms with Crippen LogP contribution in [-0.2, 0) is 19.4 Å². The molecule has 0 radical (unpaired) electrons. The molecule has 0 spiro atoms. The molecule has 0 saturated heterocycles. The molecule has 1 aliphatic carbocycles. The quantitative estimate of drug-likeness (QED) is 0.747. The van der Waals surface area contributed by atoms with Gasteiger partial charge in [-0.05, 0) is 31.7 Å². The Labute approximate surface area is 89.3 Å². The number of nitrogens with zero attached hydrogens (tertiary/aromatic N) is 2. The fraction of sp³-hybridized carbons (Fsp3) is 0.600. The van der Waals surface area contributed by atoms with Gasteiger partial charge in [0, 0.05) is 18.2 Å². The second-order valence-electron chi connectivity index (χ2n) is 3.77. The molecule has 14 heavy (non-hydrogen) atoms. The SMILES string of the molecule is CCn1ncc2c1CC[C@@H](C(N)=S)C2. The maximum atomic E-state index is 5.67. The van der Waals surface area contributed by atoms with E-state index in [1.54, 1.807) is 0 Å². The summed E-state index contributed by atoms with van der Waals surface area (Å²) in [5.74, 6) is 0.381. The van der Waals surface area contributed by atoms with Crippen LogP contribution >= 0.6 is 12.2 Å². The van der Waals surface area contributed by atoms with E-state index in [1.165, 1.54) is 11.3 Å². The van der Waals surface area contributed by atoms with Gasteiger partial charge in [0.05, 0.1) is 11.2 Å². The Morgan fingerprint density at radius 3 is 3.21 bits per heavy atom. The van der Waals surface area contributed by atoms with Gasteiger partial charge in [-0.1, -0.05) is 12.2 Å². The zero-order chi connectivity index (χ0) is 10.1. The van der Waals surface area contributed by atoms with Crippen molar-refractivity contribution in [2.75, 3.05) is 0 Å². The topological polar surface area (TPSA) is 43.8 Å². The van der Waals surface area contributed by atoms with Crippen LogP contribution in [0.4, 0.5) is 0 Å². The van der Waals surface area contributed by atoms with Crippen LogP contribution in [0.25, 0.3) is 0 Å². The van der Waals surface area contributed by atoms with Crippen molar-refractivity contribution in [2.24, 2.45) is 11.7 Å². The Hall–Kier alpha value is -0.900. The summed E-state index contributed by atoms with van der Waals surface area (Å²) in [5.41, 5.74) is 8.37. The number of thiocarbonyl (C=S) groups is 1. The molecule has 1 aliphatic rings. The van der Waals surface area contributed by atoms with Gasteiger partial charge in [0.25, 0.3) is 0 Å². The molecule has 0 unspecified atom stereocenters. The molecule has 0 fully saturated rings. The van der Waals surface area contributed by atoms with Gasteiger partial charge in [-0.2, -0.15) is 5.10 Å². The molecule has 1 aromatic rings. The fourth-order valence-corrected chi connectivity index (χ4v) is 2.30. The molecule has 3 nitrogen and oxygen atoms in total. The number of hydrogen-bond donors (Lipinski definition) is 1. The second kappa shape index (κ2) is 3.69. The maximum Gasteiger partial charge on any atom is 0.0762 e. The maximum absolute atomic E-state index is 5.67. The van der Waals surface area contributed by atoms with E-state index in [9.17, 15) is 0 Å². The predicted octanol–water partition coefficient (Wildman–Crippen LogP) is 1.29. The molecule has 76 valence electrons. The van der Waals surface area contributed by atoms with Crippen LogP contribution in [0, 0.1) is 5.92 Å². The highest BCUT2D eigenvalue weighted by atomic mass is 32.1. The van der Waals surface area contributed by atoms with Crippen LogP contribution in [-0.4, -0.2) is 14.8 Å². The summed E-state index contributed by atoms with van der Waals surface area (Å²) in [6.45, 7) is 3.07. The molecule has 2 rings (SSSR count). The average Bonchev–Trinajstić information content (AvgIpc) is 2.59. The molecule has 0 saturated carbocycles. The third-order valence-electron chi connectivity index (χ3n) is 2.93. The summed E-state index contributed by atoms with van der Waals surface area (Å²) in [6.07, 6.45) is 5.08. The van der Waals surface area contributed by atoms with Crippen molar-refractivity contribution in [3.05, 3.63) is 17.5 Å². The van der Waals surface area contributed by atoms with E-state index in [2.05, 4.69) is 16.7 Å². The number of fused-ring (bicyclic) bond motifs is 1. The molecular weight excluding hydrogens is 194 g/mol. The normalized spacial score (nSPS) is 20.5. The number of aryl methyl sites for hydroxylation is 1. The fourth-order valence-electron chi connectivity index (χ4n) is 2.10. The third kappa shape index (κ3) is 1.54. The standard InChI is InChI=1S/C10H15N3S/c1-2-13-9-4-3-7(10(11)14)5-8(9)6-12-13/h6-7H,2-5H2,1H3,(H2,11,14)/t7-/m1/s1. The van der Waals surface area contributed by atoms with Crippen LogP contribution < -0.4 is 5.73 Å². The molecule has 1 atom stereocenters. The van der Waals surface area contributed by atoms with Gasteiger partial charge in [-0.25, -0.2) is 0 Å². The van der Waals surface area contributed by atoms with Crippen molar-refractivity contribution < 1.29 is 0 Å². The van der Waals surface area contributed by atoms with Crippen LogP contribution in [0.1, 0.15) is 24.6 Å². The van der Waals surface area contributed by atoms with E-state index in [1.807, 2.05) is 6.20 Å². The minimum absolute atomic E-state index is 0.381. The number of aromatic nitrogens is 2. The van der Waals surface area contributed by atoms with E-state index < -0.39 is 0 Å². The second-order valence-corrected chi connectivity index (χ2v) is 4.25. The Morgan fingerprint density at radius 1 is 1.79 bits per heavy atom. The number of hydrogen-bond acceptors (Lipinski definition) is 2. The highest BCUT2D eigenvalue weighted by Gasteiger charge is 2.23. The molecule has 1 aromatic heterocycles. The molecular formula is C10H15N3S. The number of rotatable bonds is 2. The van der Waals surface area contributed by atoms with Gasteiger partial charge in [0.2, 0.25) is 0 Å². The van der Waals surface area contributed by atoms with E-state index in [0.717, 1.165) is 25.8 Å². The van der Waals surface area contributed by atoms with Crippen molar-refractivity contribution in [3.63, 3.8) is 0 Å². The van der Waals surface area contributed by atoms with Crippen LogP contribution in [0.15, 0.2) is 6.20 Å². The van der Waals surface area contributed by atoms with E-state index in [4.69, 9.17) is 18.0 Å². The lowest BCUT2D eigenvalue weighted by Crippen LogP contribution is -2.27. The van der Waals surface area contributed by atoms with Crippen molar-refractivity contribution >= 4 is 17.2 Å². The first-order valence-electron chi connectivity index (χ1n) is 5.05. The first-order valence-corrected chi connectivity index (χ1v) is 5.46. The zero-order valence-corrected chi connectivity index (χ0v) is 9.18. The lowest BCUT2D eigenvalue weighted by atomic mass is 9.88. The van der Waals surface area contributed by atoms with Crippen molar-refractivity contribution in [2.45, 2.75) is 32.7 Å².